The lowest BCUT2D eigenvalue weighted by molar-refractivity contribution is 1.29. The van der Waals surface area contributed by atoms with Gasteiger partial charge in [0.15, 0.2) is 0 Å². The first-order chi connectivity index (χ1) is 21.4. The molecular formula is C41H33N3. The Morgan fingerprint density at radius 2 is 0.841 bits per heavy atom. The number of rotatable bonds is 5. The van der Waals surface area contributed by atoms with Crippen molar-refractivity contribution in [2.75, 3.05) is 0 Å². The Bertz CT molecular complexity index is 2090. The third kappa shape index (κ3) is 5.41. The summed E-state index contributed by atoms with van der Waals surface area (Å²) in [5.41, 5.74) is 17.2. The Labute approximate surface area is 259 Å². The molecule has 0 aliphatic heterocycles. The molecule has 0 aliphatic carbocycles. The smallest absolute Gasteiger partial charge is 0.0973 e. The lowest BCUT2D eigenvalue weighted by Crippen LogP contribution is -1.98. The topological polar surface area (TPSA) is 38.7 Å². The van der Waals surface area contributed by atoms with Gasteiger partial charge in [-0.1, -0.05) is 119 Å². The first-order valence-corrected chi connectivity index (χ1v) is 15.0. The average Bonchev–Trinajstić information content (AvgIpc) is 3.03. The highest BCUT2D eigenvalue weighted by molar-refractivity contribution is 5.96. The SMILES string of the molecule is Cc1cc(C)cc(-c2cc3nc(-c4ccccc4)c(-c4ccc(-c5ccccn5)cc4)nc3cc2-c2cc(C)cc(C)c2)c1. The van der Waals surface area contributed by atoms with Gasteiger partial charge in [0.1, 0.15) is 0 Å². The fourth-order valence-corrected chi connectivity index (χ4v) is 6.17. The van der Waals surface area contributed by atoms with E-state index in [2.05, 4.69) is 130 Å². The van der Waals surface area contributed by atoms with E-state index in [0.717, 1.165) is 55.9 Å². The Morgan fingerprint density at radius 3 is 1.32 bits per heavy atom. The lowest BCUT2D eigenvalue weighted by Gasteiger charge is -2.16. The minimum Gasteiger partial charge on any atom is -0.256 e. The van der Waals surface area contributed by atoms with Gasteiger partial charge in [-0.15, -0.1) is 0 Å². The van der Waals surface area contributed by atoms with E-state index in [1.165, 1.54) is 33.4 Å². The molecule has 0 bridgehead atoms. The molecule has 0 saturated heterocycles. The quantitative estimate of drug-likeness (QED) is 0.208. The van der Waals surface area contributed by atoms with Gasteiger partial charge in [-0.05, 0) is 74.2 Å². The molecule has 0 saturated carbocycles. The number of benzene rings is 5. The number of pyridine rings is 1. The van der Waals surface area contributed by atoms with Crippen molar-refractivity contribution >= 4 is 11.0 Å². The molecule has 0 radical (unpaired) electrons. The molecule has 0 amide bonds. The van der Waals surface area contributed by atoms with Crippen LogP contribution in [0.1, 0.15) is 22.3 Å². The molecule has 0 atom stereocenters. The molecule has 212 valence electrons. The van der Waals surface area contributed by atoms with E-state index >= 15 is 0 Å². The fraction of sp³-hybridized carbons (Fsp3) is 0.0976. The summed E-state index contributed by atoms with van der Waals surface area (Å²) in [7, 11) is 0. The van der Waals surface area contributed by atoms with Crippen molar-refractivity contribution in [3.8, 4) is 56.0 Å². The number of fused-ring (bicyclic) bond motifs is 1. The van der Waals surface area contributed by atoms with Crippen molar-refractivity contribution in [1.82, 2.24) is 15.0 Å². The second-order valence-corrected chi connectivity index (χ2v) is 11.7. The summed E-state index contributed by atoms with van der Waals surface area (Å²) in [6, 6.07) is 42.8. The molecule has 3 heteroatoms. The number of nitrogens with zero attached hydrogens (tertiary/aromatic N) is 3. The molecule has 2 aromatic heterocycles. The predicted octanol–water partition coefficient (Wildman–Crippen LogP) is 10.6. The highest BCUT2D eigenvalue weighted by Gasteiger charge is 2.18. The molecule has 7 rings (SSSR count). The maximum absolute atomic E-state index is 5.35. The van der Waals surface area contributed by atoms with Crippen LogP contribution in [0.2, 0.25) is 0 Å². The first kappa shape index (κ1) is 27.4. The largest absolute Gasteiger partial charge is 0.256 e. The summed E-state index contributed by atoms with van der Waals surface area (Å²) in [5.74, 6) is 0. The van der Waals surface area contributed by atoms with Crippen LogP contribution in [0.4, 0.5) is 0 Å². The zero-order valence-electron chi connectivity index (χ0n) is 25.5. The maximum Gasteiger partial charge on any atom is 0.0973 e. The molecule has 5 aromatic carbocycles. The van der Waals surface area contributed by atoms with E-state index < -0.39 is 0 Å². The molecule has 0 aliphatic rings. The first-order valence-electron chi connectivity index (χ1n) is 15.0. The molecule has 7 aromatic rings. The Morgan fingerprint density at radius 1 is 0.386 bits per heavy atom. The van der Waals surface area contributed by atoms with Crippen LogP contribution in [0.25, 0.3) is 67.1 Å². The van der Waals surface area contributed by atoms with Gasteiger partial charge in [-0.3, -0.25) is 4.98 Å². The molecule has 44 heavy (non-hydrogen) atoms. The maximum atomic E-state index is 5.35. The van der Waals surface area contributed by atoms with Crippen LogP contribution in [0.5, 0.6) is 0 Å². The van der Waals surface area contributed by atoms with Crippen molar-refractivity contribution in [2.45, 2.75) is 27.7 Å². The van der Waals surface area contributed by atoms with Gasteiger partial charge in [0, 0.05) is 22.9 Å². The minimum atomic E-state index is 0.863. The Kier molecular flexibility index (Phi) is 7.07. The van der Waals surface area contributed by atoms with Gasteiger partial charge in [0.25, 0.3) is 0 Å². The van der Waals surface area contributed by atoms with Crippen molar-refractivity contribution in [2.24, 2.45) is 0 Å². The number of hydrogen-bond acceptors (Lipinski definition) is 3. The summed E-state index contributed by atoms with van der Waals surface area (Å²) in [4.78, 5) is 15.2. The molecule has 0 unspecified atom stereocenters. The van der Waals surface area contributed by atoms with E-state index in [-0.39, 0.29) is 0 Å². The Balaban J connectivity index is 1.48. The summed E-state index contributed by atoms with van der Waals surface area (Å²) in [6.45, 7) is 8.64. The van der Waals surface area contributed by atoms with E-state index in [1.54, 1.807) is 0 Å². The van der Waals surface area contributed by atoms with Crippen LogP contribution in [0, 0.1) is 27.7 Å². The second kappa shape index (κ2) is 11.3. The predicted molar refractivity (Wildman–Crippen MR) is 183 cm³/mol. The number of hydrogen-bond donors (Lipinski definition) is 0. The third-order valence-electron chi connectivity index (χ3n) is 8.04. The van der Waals surface area contributed by atoms with E-state index in [4.69, 9.17) is 9.97 Å². The Hall–Kier alpha value is -5.41. The normalized spacial score (nSPS) is 11.2. The van der Waals surface area contributed by atoms with Crippen LogP contribution < -0.4 is 0 Å². The van der Waals surface area contributed by atoms with Crippen LogP contribution >= 0.6 is 0 Å². The fourth-order valence-electron chi connectivity index (χ4n) is 6.17. The standard InChI is InChI=1S/C41H33N3/c1-26-18-27(2)21-33(20-26)35-24-38-39(25-36(35)34-22-28(3)19-29(4)23-34)44-41(40(43-38)31-10-6-5-7-11-31)32-15-13-30(14-16-32)37-12-8-9-17-42-37/h5-25H,1-4H3. The van der Waals surface area contributed by atoms with Crippen molar-refractivity contribution in [3.63, 3.8) is 0 Å². The van der Waals surface area contributed by atoms with Crippen LogP contribution in [-0.2, 0) is 0 Å². The summed E-state index contributed by atoms with van der Waals surface area (Å²) in [6.07, 6.45) is 1.82. The molecule has 2 heterocycles. The van der Waals surface area contributed by atoms with Gasteiger partial charge >= 0.3 is 0 Å². The minimum absolute atomic E-state index is 0.863. The molecule has 0 N–H and O–H groups in total. The summed E-state index contributed by atoms with van der Waals surface area (Å²) in [5, 5.41) is 0. The molecule has 0 fully saturated rings. The number of aryl methyl sites for hydroxylation is 4. The third-order valence-corrected chi connectivity index (χ3v) is 8.04. The van der Waals surface area contributed by atoms with Crippen molar-refractivity contribution in [1.29, 1.82) is 0 Å². The van der Waals surface area contributed by atoms with Crippen LogP contribution in [0.15, 0.2) is 128 Å². The lowest BCUT2D eigenvalue weighted by atomic mass is 9.90. The zero-order valence-corrected chi connectivity index (χ0v) is 25.5. The highest BCUT2D eigenvalue weighted by Crippen LogP contribution is 2.39. The molecule has 0 spiro atoms. The summed E-state index contributed by atoms with van der Waals surface area (Å²) >= 11 is 0. The second-order valence-electron chi connectivity index (χ2n) is 11.7. The van der Waals surface area contributed by atoms with Gasteiger partial charge in [0.05, 0.1) is 28.1 Å². The average molecular weight is 568 g/mol. The summed E-state index contributed by atoms with van der Waals surface area (Å²) < 4.78 is 0. The van der Waals surface area contributed by atoms with Crippen LogP contribution in [-0.4, -0.2) is 15.0 Å². The van der Waals surface area contributed by atoms with Crippen LogP contribution in [0.3, 0.4) is 0 Å². The zero-order chi connectivity index (χ0) is 30.2. The molecular weight excluding hydrogens is 534 g/mol. The number of aromatic nitrogens is 3. The van der Waals surface area contributed by atoms with Gasteiger partial charge < -0.3 is 0 Å². The highest BCUT2D eigenvalue weighted by atomic mass is 14.8. The van der Waals surface area contributed by atoms with E-state index in [0.29, 0.717) is 0 Å². The monoisotopic (exact) mass is 567 g/mol. The van der Waals surface area contributed by atoms with Crippen molar-refractivity contribution < 1.29 is 0 Å². The van der Waals surface area contributed by atoms with Gasteiger partial charge in [-0.2, -0.15) is 0 Å². The van der Waals surface area contributed by atoms with Crippen molar-refractivity contribution in [3.05, 3.63) is 150 Å². The van der Waals surface area contributed by atoms with Gasteiger partial charge in [-0.25, -0.2) is 9.97 Å². The van der Waals surface area contributed by atoms with E-state index in [9.17, 15) is 0 Å². The van der Waals surface area contributed by atoms with E-state index in [1.807, 2.05) is 30.5 Å². The molecule has 3 nitrogen and oxygen atoms in total. The van der Waals surface area contributed by atoms with Gasteiger partial charge in [0.2, 0.25) is 0 Å².